The van der Waals surface area contributed by atoms with E-state index in [4.69, 9.17) is 5.73 Å². The molecule has 0 radical (unpaired) electrons. The van der Waals surface area contributed by atoms with Crippen LogP contribution in [0, 0.1) is 6.92 Å². The van der Waals surface area contributed by atoms with Crippen LogP contribution in [0.1, 0.15) is 21.5 Å². The number of carbonyl (C=O) groups is 2. The molecule has 0 fully saturated rings. The fourth-order valence-corrected chi connectivity index (χ4v) is 1.93. The van der Waals surface area contributed by atoms with Gasteiger partial charge in [0, 0.05) is 17.8 Å². The number of hydrogen-bond acceptors (Lipinski definition) is 2. The van der Waals surface area contributed by atoms with E-state index in [1.807, 2.05) is 31.2 Å². The van der Waals surface area contributed by atoms with Gasteiger partial charge in [0.25, 0.3) is 5.91 Å². The Morgan fingerprint density at radius 3 is 2.33 bits per heavy atom. The van der Waals surface area contributed by atoms with Gasteiger partial charge < -0.3 is 16.4 Å². The van der Waals surface area contributed by atoms with Crippen LogP contribution in [0.15, 0.2) is 48.5 Å². The number of hydrogen-bond donors (Lipinski definition) is 3. The summed E-state index contributed by atoms with van der Waals surface area (Å²) in [4.78, 5) is 22.8. The zero-order chi connectivity index (χ0) is 15.2. The van der Waals surface area contributed by atoms with E-state index in [1.165, 1.54) is 0 Å². The number of carbonyl (C=O) groups excluding carboxylic acids is 2. The third kappa shape index (κ3) is 4.07. The third-order valence-corrected chi connectivity index (χ3v) is 3.12. The van der Waals surface area contributed by atoms with E-state index >= 15 is 0 Å². The van der Waals surface area contributed by atoms with Gasteiger partial charge in [-0.05, 0) is 42.3 Å². The number of primary amides is 1. The SMILES string of the molecule is Cc1ccccc1CNC(=O)c1ccc(NC(N)=O)cc1. The Balaban J connectivity index is 1.97. The van der Waals surface area contributed by atoms with Gasteiger partial charge in [0.05, 0.1) is 0 Å². The van der Waals surface area contributed by atoms with Crippen molar-refractivity contribution in [1.29, 1.82) is 0 Å². The van der Waals surface area contributed by atoms with Gasteiger partial charge in [0.15, 0.2) is 0 Å². The monoisotopic (exact) mass is 283 g/mol. The maximum absolute atomic E-state index is 12.0. The maximum atomic E-state index is 12.0. The van der Waals surface area contributed by atoms with Gasteiger partial charge in [-0.25, -0.2) is 4.79 Å². The van der Waals surface area contributed by atoms with E-state index < -0.39 is 6.03 Å². The van der Waals surface area contributed by atoms with E-state index in [0.29, 0.717) is 17.8 Å². The first-order valence-electron chi connectivity index (χ1n) is 6.55. The predicted molar refractivity (Wildman–Crippen MR) is 82.0 cm³/mol. The van der Waals surface area contributed by atoms with Gasteiger partial charge in [-0.3, -0.25) is 4.79 Å². The largest absolute Gasteiger partial charge is 0.351 e. The van der Waals surface area contributed by atoms with Crippen LogP contribution in [0.5, 0.6) is 0 Å². The first kappa shape index (κ1) is 14.6. The van der Waals surface area contributed by atoms with Crippen LogP contribution in [0.25, 0.3) is 0 Å². The van der Waals surface area contributed by atoms with E-state index in [2.05, 4.69) is 10.6 Å². The van der Waals surface area contributed by atoms with E-state index in [0.717, 1.165) is 11.1 Å². The highest BCUT2D eigenvalue weighted by Crippen LogP contribution is 2.10. The molecule has 0 saturated carbocycles. The van der Waals surface area contributed by atoms with Crippen molar-refractivity contribution in [3.05, 3.63) is 65.2 Å². The second kappa shape index (κ2) is 6.56. The van der Waals surface area contributed by atoms with Gasteiger partial charge in [-0.1, -0.05) is 24.3 Å². The Kier molecular flexibility index (Phi) is 4.56. The van der Waals surface area contributed by atoms with Crippen molar-refractivity contribution < 1.29 is 9.59 Å². The Labute approximate surface area is 123 Å². The molecule has 5 heteroatoms. The van der Waals surface area contributed by atoms with Gasteiger partial charge in [0.2, 0.25) is 0 Å². The first-order chi connectivity index (χ1) is 10.1. The molecule has 0 aromatic heterocycles. The Morgan fingerprint density at radius 1 is 1.05 bits per heavy atom. The number of amides is 3. The number of rotatable bonds is 4. The number of aryl methyl sites for hydroxylation is 1. The number of nitrogens with two attached hydrogens (primary N) is 1. The van der Waals surface area contributed by atoms with Crippen molar-refractivity contribution in [2.75, 3.05) is 5.32 Å². The summed E-state index contributed by atoms with van der Waals surface area (Å²) in [6.07, 6.45) is 0. The van der Waals surface area contributed by atoms with Gasteiger partial charge >= 0.3 is 6.03 Å². The molecule has 4 N–H and O–H groups in total. The lowest BCUT2D eigenvalue weighted by Crippen LogP contribution is -2.23. The van der Waals surface area contributed by atoms with Crippen molar-refractivity contribution in [3.8, 4) is 0 Å². The van der Waals surface area contributed by atoms with Crippen molar-refractivity contribution >= 4 is 17.6 Å². The van der Waals surface area contributed by atoms with Crippen LogP contribution >= 0.6 is 0 Å². The summed E-state index contributed by atoms with van der Waals surface area (Å²) in [5.74, 6) is -0.163. The molecule has 2 aromatic carbocycles. The summed E-state index contributed by atoms with van der Waals surface area (Å²) in [5.41, 5.74) is 8.32. The molecule has 5 nitrogen and oxygen atoms in total. The Hall–Kier alpha value is -2.82. The lowest BCUT2D eigenvalue weighted by Gasteiger charge is -2.08. The highest BCUT2D eigenvalue weighted by atomic mass is 16.2. The van der Waals surface area contributed by atoms with Crippen LogP contribution in [0.4, 0.5) is 10.5 Å². The molecule has 0 aliphatic rings. The molecule has 0 spiro atoms. The van der Waals surface area contributed by atoms with Gasteiger partial charge in [0.1, 0.15) is 0 Å². The lowest BCUT2D eigenvalue weighted by molar-refractivity contribution is 0.0951. The number of nitrogens with one attached hydrogen (secondary N) is 2. The smallest absolute Gasteiger partial charge is 0.316 e. The molecule has 3 amide bonds. The first-order valence-corrected chi connectivity index (χ1v) is 6.55. The van der Waals surface area contributed by atoms with Crippen molar-refractivity contribution in [2.24, 2.45) is 5.73 Å². The minimum atomic E-state index is -0.633. The molecule has 0 aliphatic carbocycles. The maximum Gasteiger partial charge on any atom is 0.316 e. The van der Waals surface area contributed by atoms with Crippen molar-refractivity contribution in [3.63, 3.8) is 0 Å². The molecule has 0 aliphatic heterocycles. The summed E-state index contributed by atoms with van der Waals surface area (Å²) in [5, 5.41) is 5.31. The molecule has 0 unspecified atom stereocenters. The third-order valence-electron chi connectivity index (χ3n) is 3.12. The fourth-order valence-electron chi connectivity index (χ4n) is 1.93. The topological polar surface area (TPSA) is 84.2 Å². The minimum Gasteiger partial charge on any atom is -0.351 e. The molecule has 21 heavy (non-hydrogen) atoms. The van der Waals surface area contributed by atoms with Gasteiger partial charge in [-0.15, -0.1) is 0 Å². The van der Waals surface area contributed by atoms with Crippen molar-refractivity contribution in [1.82, 2.24) is 5.32 Å². The number of anilines is 1. The molecule has 0 saturated heterocycles. The van der Waals surface area contributed by atoms with Crippen LogP contribution < -0.4 is 16.4 Å². The Morgan fingerprint density at radius 2 is 1.71 bits per heavy atom. The second-order valence-corrected chi connectivity index (χ2v) is 4.68. The summed E-state index contributed by atoms with van der Waals surface area (Å²) >= 11 is 0. The summed E-state index contributed by atoms with van der Waals surface area (Å²) in [7, 11) is 0. The average molecular weight is 283 g/mol. The molecular formula is C16H17N3O2. The van der Waals surface area contributed by atoms with Crippen LogP contribution in [0.2, 0.25) is 0 Å². The van der Waals surface area contributed by atoms with Gasteiger partial charge in [-0.2, -0.15) is 0 Å². The minimum absolute atomic E-state index is 0.163. The summed E-state index contributed by atoms with van der Waals surface area (Å²) < 4.78 is 0. The zero-order valence-electron chi connectivity index (χ0n) is 11.7. The molecule has 0 atom stereocenters. The molecular weight excluding hydrogens is 266 g/mol. The van der Waals surface area contributed by atoms with Crippen LogP contribution in [0.3, 0.4) is 0 Å². The number of urea groups is 1. The number of benzene rings is 2. The predicted octanol–water partition coefficient (Wildman–Crippen LogP) is 2.42. The van der Waals surface area contributed by atoms with E-state index in [1.54, 1.807) is 24.3 Å². The quantitative estimate of drug-likeness (QED) is 0.805. The highest BCUT2D eigenvalue weighted by Gasteiger charge is 2.06. The molecule has 0 bridgehead atoms. The molecule has 2 aromatic rings. The Bertz CT molecular complexity index is 651. The average Bonchev–Trinajstić information content (AvgIpc) is 2.46. The molecule has 108 valence electrons. The standard InChI is InChI=1S/C16H17N3O2/c1-11-4-2-3-5-13(11)10-18-15(20)12-6-8-14(9-7-12)19-16(17)21/h2-9H,10H2,1H3,(H,18,20)(H3,17,19,21). The zero-order valence-corrected chi connectivity index (χ0v) is 11.7. The highest BCUT2D eigenvalue weighted by molar-refractivity contribution is 5.95. The fraction of sp³-hybridized carbons (Fsp3) is 0.125. The van der Waals surface area contributed by atoms with Crippen molar-refractivity contribution in [2.45, 2.75) is 13.5 Å². The van der Waals surface area contributed by atoms with Crippen LogP contribution in [-0.2, 0) is 6.54 Å². The molecule has 2 rings (SSSR count). The van der Waals surface area contributed by atoms with E-state index in [9.17, 15) is 9.59 Å². The molecule has 0 heterocycles. The summed E-state index contributed by atoms with van der Waals surface area (Å²) in [6.45, 7) is 2.48. The second-order valence-electron chi connectivity index (χ2n) is 4.68. The summed E-state index contributed by atoms with van der Waals surface area (Å²) in [6, 6.07) is 13.8. The van der Waals surface area contributed by atoms with E-state index in [-0.39, 0.29) is 5.91 Å². The van der Waals surface area contributed by atoms with Crippen LogP contribution in [-0.4, -0.2) is 11.9 Å². The lowest BCUT2D eigenvalue weighted by atomic mass is 10.1. The normalized spacial score (nSPS) is 9.95.